The van der Waals surface area contributed by atoms with E-state index in [1.54, 1.807) is 6.92 Å². The first-order valence-corrected chi connectivity index (χ1v) is 6.57. The standard InChI is InChI=1S/C17H19NO/c1-4-18(17-8-6-5-7-13(17)2)16-11-9-15(10-12-16)14(3)19/h5-12H,4H2,1-3H3. The van der Waals surface area contributed by atoms with Gasteiger partial charge < -0.3 is 4.90 Å². The number of nitrogens with zero attached hydrogens (tertiary/aromatic N) is 1. The molecule has 0 saturated carbocycles. The highest BCUT2D eigenvalue weighted by molar-refractivity contribution is 5.94. The number of para-hydroxylation sites is 1. The van der Waals surface area contributed by atoms with Crippen molar-refractivity contribution >= 4 is 17.2 Å². The Labute approximate surface area is 114 Å². The molecule has 98 valence electrons. The molecule has 19 heavy (non-hydrogen) atoms. The molecule has 0 aliphatic carbocycles. The zero-order valence-electron chi connectivity index (χ0n) is 11.7. The van der Waals surface area contributed by atoms with Crippen molar-refractivity contribution in [2.24, 2.45) is 0 Å². The van der Waals surface area contributed by atoms with Gasteiger partial charge in [0.25, 0.3) is 0 Å². The SMILES string of the molecule is CCN(c1ccc(C(C)=O)cc1)c1ccccc1C. The Morgan fingerprint density at radius 3 is 2.21 bits per heavy atom. The van der Waals surface area contributed by atoms with Crippen LogP contribution in [-0.4, -0.2) is 12.3 Å². The molecule has 0 amide bonds. The minimum atomic E-state index is 0.102. The molecule has 0 N–H and O–H groups in total. The number of rotatable bonds is 4. The second kappa shape index (κ2) is 5.70. The number of aryl methyl sites for hydroxylation is 1. The molecule has 2 aromatic carbocycles. The van der Waals surface area contributed by atoms with Crippen LogP contribution >= 0.6 is 0 Å². The molecule has 0 heterocycles. The van der Waals surface area contributed by atoms with Crippen molar-refractivity contribution < 1.29 is 4.79 Å². The fourth-order valence-electron chi connectivity index (χ4n) is 2.23. The van der Waals surface area contributed by atoms with Crippen molar-refractivity contribution in [1.82, 2.24) is 0 Å². The first-order valence-electron chi connectivity index (χ1n) is 6.57. The maximum absolute atomic E-state index is 11.3. The van der Waals surface area contributed by atoms with Gasteiger partial charge in [0, 0.05) is 23.5 Å². The second-order valence-electron chi connectivity index (χ2n) is 4.63. The maximum atomic E-state index is 11.3. The topological polar surface area (TPSA) is 20.3 Å². The Morgan fingerprint density at radius 1 is 1.05 bits per heavy atom. The number of carbonyl (C=O) groups is 1. The van der Waals surface area contributed by atoms with E-state index in [-0.39, 0.29) is 5.78 Å². The van der Waals surface area contributed by atoms with Crippen LogP contribution in [0.1, 0.15) is 29.8 Å². The van der Waals surface area contributed by atoms with Gasteiger partial charge in [0.1, 0.15) is 0 Å². The molecule has 2 nitrogen and oxygen atoms in total. The molecule has 0 radical (unpaired) electrons. The van der Waals surface area contributed by atoms with Crippen LogP contribution in [0.5, 0.6) is 0 Å². The summed E-state index contributed by atoms with van der Waals surface area (Å²) in [6.45, 7) is 6.73. The Kier molecular flexibility index (Phi) is 4.00. The van der Waals surface area contributed by atoms with E-state index in [0.29, 0.717) is 0 Å². The first-order chi connectivity index (χ1) is 9.13. The highest BCUT2D eigenvalue weighted by Crippen LogP contribution is 2.28. The van der Waals surface area contributed by atoms with E-state index < -0.39 is 0 Å². The van der Waals surface area contributed by atoms with Crippen LogP contribution in [0.15, 0.2) is 48.5 Å². The summed E-state index contributed by atoms with van der Waals surface area (Å²) in [5.41, 5.74) is 4.33. The number of hydrogen-bond donors (Lipinski definition) is 0. The summed E-state index contributed by atoms with van der Waals surface area (Å²) >= 11 is 0. The molecule has 0 aromatic heterocycles. The number of Topliss-reactive ketones (excluding diaryl/α,β-unsaturated/α-hetero) is 1. The average molecular weight is 253 g/mol. The molecule has 2 heteroatoms. The highest BCUT2D eigenvalue weighted by atomic mass is 16.1. The molecule has 0 fully saturated rings. The monoisotopic (exact) mass is 253 g/mol. The highest BCUT2D eigenvalue weighted by Gasteiger charge is 2.09. The molecule has 0 saturated heterocycles. The molecule has 0 aliphatic heterocycles. The fraction of sp³-hybridized carbons (Fsp3) is 0.235. The lowest BCUT2D eigenvalue weighted by Crippen LogP contribution is -2.17. The van der Waals surface area contributed by atoms with Gasteiger partial charge >= 0.3 is 0 Å². The van der Waals surface area contributed by atoms with Gasteiger partial charge in [-0.05, 0) is 56.7 Å². The summed E-state index contributed by atoms with van der Waals surface area (Å²) in [6, 6.07) is 16.1. The minimum Gasteiger partial charge on any atom is -0.342 e. The van der Waals surface area contributed by atoms with E-state index in [0.717, 1.165) is 17.8 Å². The van der Waals surface area contributed by atoms with E-state index in [4.69, 9.17) is 0 Å². The van der Waals surface area contributed by atoms with Crippen molar-refractivity contribution in [2.75, 3.05) is 11.4 Å². The van der Waals surface area contributed by atoms with Crippen LogP contribution in [-0.2, 0) is 0 Å². The Bertz CT molecular complexity index is 572. The summed E-state index contributed by atoms with van der Waals surface area (Å²) in [5, 5.41) is 0. The molecule has 2 aromatic rings. The van der Waals surface area contributed by atoms with Crippen LogP contribution in [0.4, 0.5) is 11.4 Å². The van der Waals surface area contributed by atoms with Crippen molar-refractivity contribution in [3.63, 3.8) is 0 Å². The third-order valence-corrected chi connectivity index (χ3v) is 3.31. The molecule has 0 unspecified atom stereocenters. The van der Waals surface area contributed by atoms with Gasteiger partial charge in [-0.15, -0.1) is 0 Å². The summed E-state index contributed by atoms with van der Waals surface area (Å²) in [7, 11) is 0. The van der Waals surface area contributed by atoms with E-state index in [2.05, 4.69) is 36.9 Å². The summed E-state index contributed by atoms with van der Waals surface area (Å²) < 4.78 is 0. The predicted octanol–water partition coefficient (Wildman–Crippen LogP) is 4.36. The number of hydrogen-bond acceptors (Lipinski definition) is 2. The van der Waals surface area contributed by atoms with Gasteiger partial charge in [0.15, 0.2) is 5.78 Å². The lowest BCUT2D eigenvalue weighted by atomic mass is 10.1. The second-order valence-corrected chi connectivity index (χ2v) is 4.63. The van der Waals surface area contributed by atoms with Crippen LogP contribution in [0.25, 0.3) is 0 Å². The van der Waals surface area contributed by atoms with Crippen LogP contribution in [0, 0.1) is 6.92 Å². The lowest BCUT2D eigenvalue weighted by molar-refractivity contribution is 0.101. The molecule has 2 rings (SSSR count). The van der Waals surface area contributed by atoms with Gasteiger partial charge in [0.2, 0.25) is 0 Å². The quantitative estimate of drug-likeness (QED) is 0.755. The van der Waals surface area contributed by atoms with Crippen molar-refractivity contribution in [3.05, 3.63) is 59.7 Å². The third kappa shape index (κ3) is 2.84. The van der Waals surface area contributed by atoms with E-state index in [1.165, 1.54) is 11.3 Å². The molecule has 0 atom stereocenters. The van der Waals surface area contributed by atoms with Gasteiger partial charge in [0.05, 0.1) is 0 Å². The van der Waals surface area contributed by atoms with Crippen LogP contribution in [0.2, 0.25) is 0 Å². The van der Waals surface area contributed by atoms with Crippen molar-refractivity contribution in [2.45, 2.75) is 20.8 Å². The molecule has 0 bridgehead atoms. The van der Waals surface area contributed by atoms with Crippen LogP contribution < -0.4 is 4.90 Å². The molecular weight excluding hydrogens is 234 g/mol. The number of carbonyl (C=O) groups excluding carboxylic acids is 1. The number of ketones is 1. The molecule has 0 spiro atoms. The summed E-state index contributed by atoms with van der Waals surface area (Å²) in [5.74, 6) is 0.102. The van der Waals surface area contributed by atoms with E-state index in [9.17, 15) is 4.79 Å². The molecular formula is C17H19NO. The number of anilines is 2. The third-order valence-electron chi connectivity index (χ3n) is 3.31. The van der Waals surface area contributed by atoms with Crippen molar-refractivity contribution in [3.8, 4) is 0 Å². The first kappa shape index (κ1) is 13.3. The van der Waals surface area contributed by atoms with Gasteiger partial charge in [-0.3, -0.25) is 4.79 Å². The average Bonchev–Trinajstić information content (AvgIpc) is 2.42. The minimum absolute atomic E-state index is 0.102. The smallest absolute Gasteiger partial charge is 0.159 e. The number of benzene rings is 2. The normalized spacial score (nSPS) is 10.3. The van der Waals surface area contributed by atoms with Crippen LogP contribution in [0.3, 0.4) is 0 Å². The fourth-order valence-corrected chi connectivity index (χ4v) is 2.23. The Hall–Kier alpha value is -2.09. The summed E-state index contributed by atoms with van der Waals surface area (Å²) in [4.78, 5) is 13.6. The molecule has 0 aliphatic rings. The largest absolute Gasteiger partial charge is 0.342 e. The predicted molar refractivity (Wildman–Crippen MR) is 80.3 cm³/mol. The maximum Gasteiger partial charge on any atom is 0.159 e. The van der Waals surface area contributed by atoms with Gasteiger partial charge in [-0.25, -0.2) is 0 Å². The summed E-state index contributed by atoms with van der Waals surface area (Å²) in [6.07, 6.45) is 0. The van der Waals surface area contributed by atoms with E-state index in [1.807, 2.05) is 30.3 Å². The Morgan fingerprint density at radius 2 is 1.68 bits per heavy atom. The zero-order valence-corrected chi connectivity index (χ0v) is 11.7. The van der Waals surface area contributed by atoms with Crippen molar-refractivity contribution in [1.29, 1.82) is 0 Å². The van der Waals surface area contributed by atoms with Gasteiger partial charge in [-0.1, -0.05) is 18.2 Å². The Balaban J connectivity index is 2.37. The lowest BCUT2D eigenvalue weighted by Gasteiger charge is -2.25. The zero-order chi connectivity index (χ0) is 13.8. The van der Waals surface area contributed by atoms with E-state index >= 15 is 0 Å². The van der Waals surface area contributed by atoms with Gasteiger partial charge in [-0.2, -0.15) is 0 Å².